The van der Waals surface area contributed by atoms with Gasteiger partial charge in [0.1, 0.15) is 5.52 Å². The first-order chi connectivity index (χ1) is 6.84. The zero-order valence-electron chi connectivity index (χ0n) is 7.55. The van der Waals surface area contributed by atoms with Crippen LogP contribution in [0.1, 0.15) is 24.5 Å². The molecule has 0 aromatic carbocycles. The van der Waals surface area contributed by atoms with E-state index < -0.39 is 0 Å². The highest BCUT2D eigenvalue weighted by molar-refractivity contribution is 7.16. The molecule has 1 aliphatic rings. The van der Waals surface area contributed by atoms with Gasteiger partial charge in [0, 0.05) is 12.1 Å². The van der Waals surface area contributed by atoms with E-state index in [1.54, 1.807) is 11.3 Å². The maximum atomic E-state index is 9.26. The maximum Gasteiger partial charge on any atom is 0.103 e. The fourth-order valence-corrected chi connectivity index (χ4v) is 2.60. The highest BCUT2D eigenvalue weighted by Gasteiger charge is 2.31. The van der Waals surface area contributed by atoms with Gasteiger partial charge in [0.15, 0.2) is 0 Å². The predicted octanol–water partition coefficient (Wildman–Crippen LogP) is 1.93. The Hall–Kier alpha value is -1.00. The first kappa shape index (κ1) is 8.32. The van der Waals surface area contributed by atoms with E-state index in [0.29, 0.717) is 5.92 Å². The lowest BCUT2D eigenvalue weighted by Crippen LogP contribution is -2.27. The average Bonchev–Trinajstić information content (AvgIpc) is 2.60. The number of aliphatic hydroxyl groups excluding tert-OH is 1. The van der Waals surface area contributed by atoms with Crippen molar-refractivity contribution in [3.63, 3.8) is 0 Å². The van der Waals surface area contributed by atoms with Crippen molar-refractivity contribution in [1.82, 2.24) is 9.97 Å². The summed E-state index contributed by atoms with van der Waals surface area (Å²) >= 11 is 1.64. The lowest BCUT2D eigenvalue weighted by atomic mass is 9.79. The summed E-state index contributed by atoms with van der Waals surface area (Å²) in [6.45, 7) is 0. The van der Waals surface area contributed by atoms with Gasteiger partial charge in [-0.05, 0) is 18.9 Å². The van der Waals surface area contributed by atoms with Gasteiger partial charge in [-0.25, -0.2) is 4.98 Å². The fraction of sp³-hybridized carbons (Fsp3) is 0.400. The molecule has 1 fully saturated rings. The van der Waals surface area contributed by atoms with Crippen molar-refractivity contribution in [2.24, 2.45) is 0 Å². The molecule has 3 nitrogen and oxygen atoms in total. The van der Waals surface area contributed by atoms with Crippen LogP contribution in [0.5, 0.6) is 0 Å². The Balaban J connectivity index is 2.07. The molecule has 1 N–H and O–H groups in total. The number of nitrogens with zero attached hydrogens (tertiary/aromatic N) is 2. The van der Waals surface area contributed by atoms with Gasteiger partial charge in [-0.15, -0.1) is 11.3 Å². The molecule has 2 aromatic rings. The number of hydrogen-bond donors (Lipinski definition) is 1. The lowest BCUT2D eigenvalue weighted by Gasteiger charge is -2.30. The van der Waals surface area contributed by atoms with Crippen molar-refractivity contribution in [2.75, 3.05) is 0 Å². The Morgan fingerprint density at radius 3 is 3.00 bits per heavy atom. The molecule has 4 heteroatoms. The van der Waals surface area contributed by atoms with Crippen LogP contribution in [0.3, 0.4) is 0 Å². The third kappa shape index (κ3) is 1.14. The monoisotopic (exact) mass is 206 g/mol. The van der Waals surface area contributed by atoms with E-state index in [9.17, 15) is 5.11 Å². The Morgan fingerprint density at radius 2 is 2.21 bits per heavy atom. The minimum atomic E-state index is -0.129. The summed E-state index contributed by atoms with van der Waals surface area (Å²) in [6, 6.07) is 1.99. The highest BCUT2D eigenvalue weighted by Crippen LogP contribution is 2.38. The van der Waals surface area contributed by atoms with Gasteiger partial charge in [0.25, 0.3) is 0 Å². The summed E-state index contributed by atoms with van der Waals surface area (Å²) in [4.78, 5) is 8.69. The predicted molar refractivity (Wildman–Crippen MR) is 55.4 cm³/mol. The molecule has 0 spiro atoms. The van der Waals surface area contributed by atoms with Gasteiger partial charge in [-0.3, -0.25) is 4.98 Å². The number of pyridine rings is 1. The van der Waals surface area contributed by atoms with Crippen LogP contribution in [0.15, 0.2) is 17.8 Å². The molecular weight excluding hydrogens is 196 g/mol. The summed E-state index contributed by atoms with van der Waals surface area (Å²) < 4.78 is 1.19. The van der Waals surface area contributed by atoms with E-state index in [1.165, 1.54) is 4.70 Å². The summed E-state index contributed by atoms with van der Waals surface area (Å²) in [5.41, 5.74) is 3.94. The SMILES string of the molecule is O[C@H]1C[C@H](c2nccc3scnc32)C1. The van der Waals surface area contributed by atoms with E-state index in [2.05, 4.69) is 9.97 Å². The van der Waals surface area contributed by atoms with E-state index in [0.717, 1.165) is 24.1 Å². The maximum absolute atomic E-state index is 9.26. The molecule has 1 aliphatic carbocycles. The third-order valence-corrected chi connectivity index (χ3v) is 3.57. The molecule has 3 rings (SSSR count). The van der Waals surface area contributed by atoms with Gasteiger partial charge >= 0.3 is 0 Å². The lowest BCUT2D eigenvalue weighted by molar-refractivity contribution is 0.0737. The Kier molecular flexibility index (Phi) is 1.78. The summed E-state index contributed by atoms with van der Waals surface area (Å²) in [5, 5.41) is 9.26. The van der Waals surface area contributed by atoms with Crippen LogP contribution in [-0.2, 0) is 0 Å². The number of hydrogen-bond acceptors (Lipinski definition) is 4. The van der Waals surface area contributed by atoms with Crippen LogP contribution in [-0.4, -0.2) is 21.2 Å². The minimum absolute atomic E-state index is 0.129. The van der Waals surface area contributed by atoms with Crippen LogP contribution >= 0.6 is 11.3 Å². The normalized spacial score (nSPS) is 26.4. The molecular formula is C10H10N2OS. The van der Waals surface area contributed by atoms with Gasteiger partial charge in [-0.2, -0.15) is 0 Å². The Bertz CT molecular complexity index is 462. The van der Waals surface area contributed by atoms with E-state index >= 15 is 0 Å². The molecule has 0 amide bonds. The molecule has 2 heterocycles. The molecule has 14 heavy (non-hydrogen) atoms. The van der Waals surface area contributed by atoms with Gasteiger partial charge < -0.3 is 5.11 Å². The Morgan fingerprint density at radius 1 is 1.36 bits per heavy atom. The van der Waals surface area contributed by atoms with Crippen molar-refractivity contribution in [2.45, 2.75) is 24.9 Å². The smallest absolute Gasteiger partial charge is 0.103 e. The Labute approximate surface area is 85.4 Å². The molecule has 0 saturated heterocycles. The standard InChI is InChI=1S/C10H10N2OS/c13-7-3-6(4-7)9-10-8(1-2-11-9)14-5-12-10/h1-2,5-7,13H,3-4H2/t6-,7-. The van der Waals surface area contributed by atoms with E-state index in [1.807, 2.05) is 17.8 Å². The molecule has 72 valence electrons. The van der Waals surface area contributed by atoms with Crippen molar-refractivity contribution >= 4 is 21.6 Å². The second-order valence-electron chi connectivity index (χ2n) is 3.72. The molecule has 0 radical (unpaired) electrons. The van der Waals surface area contributed by atoms with E-state index in [4.69, 9.17) is 0 Å². The van der Waals surface area contributed by atoms with Crippen molar-refractivity contribution in [3.05, 3.63) is 23.5 Å². The number of aliphatic hydroxyl groups is 1. The summed E-state index contributed by atoms with van der Waals surface area (Å²) in [5.74, 6) is 0.413. The van der Waals surface area contributed by atoms with Crippen LogP contribution in [0, 0.1) is 0 Å². The van der Waals surface area contributed by atoms with Gasteiger partial charge in [-0.1, -0.05) is 0 Å². The summed E-state index contributed by atoms with van der Waals surface area (Å²) in [6.07, 6.45) is 3.38. The molecule has 0 aliphatic heterocycles. The quantitative estimate of drug-likeness (QED) is 0.775. The van der Waals surface area contributed by atoms with E-state index in [-0.39, 0.29) is 6.10 Å². The molecule has 0 bridgehead atoms. The highest BCUT2D eigenvalue weighted by atomic mass is 32.1. The van der Waals surface area contributed by atoms with Crippen LogP contribution < -0.4 is 0 Å². The zero-order chi connectivity index (χ0) is 9.54. The minimum Gasteiger partial charge on any atom is -0.393 e. The van der Waals surface area contributed by atoms with Crippen LogP contribution in [0.2, 0.25) is 0 Å². The number of rotatable bonds is 1. The molecule has 0 unspecified atom stereocenters. The number of thiazole rings is 1. The number of aromatic nitrogens is 2. The molecule has 2 aromatic heterocycles. The second kappa shape index (κ2) is 3.00. The third-order valence-electron chi connectivity index (χ3n) is 2.78. The van der Waals surface area contributed by atoms with Gasteiger partial charge in [0.05, 0.1) is 22.0 Å². The first-order valence-electron chi connectivity index (χ1n) is 4.71. The zero-order valence-corrected chi connectivity index (χ0v) is 8.37. The molecule has 0 atom stereocenters. The van der Waals surface area contributed by atoms with Gasteiger partial charge in [0.2, 0.25) is 0 Å². The van der Waals surface area contributed by atoms with Crippen molar-refractivity contribution in [1.29, 1.82) is 0 Å². The number of fused-ring (bicyclic) bond motifs is 1. The summed E-state index contributed by atoms with van der Waals surface area (Å²) in [7, 11) is 0. The van der Waals surface area contributed by atoms with Crippen LogP contribution in [0.25, 0.3) is 10.2 Å². The van der Waals surface area contributed by atoms with Crippen molar-refractivity contribution in [3.8, 4) is 0 Å². The van der Waals surface area contributed by atoms with Crippen LogP contribution in [0.4, 0.5) is 0 Å². The average molecular weight is 206 g/mol. The largest absolute Gasteiger partial charge is 0.393 e. The molecule has 1 saturated carbocycles. The first-order valence-corrected chi connectivity index (χ1v) is 5.58. The topological polar surface area (TPSA) is 46.0 Å². The van der Waals surface area contributed by atoms with Crippen molar-refractivity contribution < 1.29 is 5.11 Å². The second-order valence-corrected chi connectivity index (χ2v) is 4.60. The fourth-order valence-electron chi connectivity index (χ4n) is 1.92.